The van der Waals surface area contributed by atoms with Crippen molar-refractivity contribution >= 4 is 5.91 Å². The second-order valence-corrected chi connectivity index (χ2v) is 4.99. The average Bonchev–Trinajstić information content (AvgIpc) is 2.34. The Morgan fingerprint density at radius 1 is 1.54 bits per heavy atom. The summed E-state index contributed by atoms with van der Waals surface area (Å²) in [5.74, 6) is 0.811. The molecule has 1 fully saturated rings. The molecular weight excluding hydrogens is 162 g/mol. The summed E-state index contributed by atoms with van der Waals surface area (Å²) in [6.07, 6.45) is 4.42. The number of carbonyl (C=O) groups is 1. The fraction of sp³-hybridized carbons (Fsp3) is 0.909. The van der Waals surface area contributed by atoms with Gasteiger partial charge in [-0.25, -0.2) is 0 Å². The molecule has 0 saturated carbocycles. The molecule has 1 amide bonds. The lowest BCUT2D eigenvalue weighted by Gasteiger charge is -2.26. The van der Waals surface area contributed by atoms with Crippen LogP contribution in [0.1, 0.15) is 46.5 Å². The van der Waals surface area contributed by atoms with E-state index < -0.39 is 0 Å². The van der Waals surface area contributed by atoms with Gasteiger partial charge in [-0.2, -0.15) is 0 Å². The van der Waals surface area contributed by atoms with Crippen molar-refractivity contribution in [1.82, 2.24) is 5.32 Å². The summed E-state index contributed by atoms with van der Waals surface area (Å²) < 4.78 is 0. The van der Waals surface area contributed by atoms with Gasteiger partial charge in [-0.15, -0.1) is 0 Å². The Hall–Kier alpha value is -0.530. The number of hydrogen-bond donors (Lipinski definition) is 1. The van der Waals surface area contributed by atoms with Gasteiger partial charge in [0.2, 0.25) is 5.91 Å². The molecule has 0 radical (unpaired) electrons. The van der Waals surface area contributed by atoms with Gasteiger partial charge in [-0.3, -0.25) is 4.79 Å². The van der Waals surface area contributed by atoms with E-state index in [-0.39, 0.29) is 5.91 Å². The van der Waals surface area contributed by atoms with Gasteiger partial charge >= 0.3 is 0 Å². The number of rotatable bonds is 4. The van der Waals surface area contributed by atoms with Crippen molar-refractivity contribution < 1.29 is 4.79 Å². The van der Waals surface area contributed by atoms with Crippen LogP contribution in [0, 0.1) is 11.3 Å². The van der Waals surface area contributed by atoms with Crippen LogP contribution in [-0.4, -0.2) is 12.5 Å². The first-order chi connectivity index (χ1) is 6.03. The van der Waals surface area contributed by atoms with Crippen LogP contribution in [0.15, 0.2) is 0 Å². The van der Waals surface area contributed by atoms with Crippen LogP contribution in [0.25, 0.3) is 0 Å². The fourth-order valence-corrected chi connectivity index (χ4v) is 2.37. The molecular formula is C11H21NO. The predicted octanol–water partition coefficient (Wildman–Crippen LogP) is 2.34. The molecule has 0 spiro atoms. The Morgan fingerprint density at radius 3 is 2.69 bits per heavy atom. The van der Waals surface area contributed by atoms with Gasteiger partial charge in [0, 0.05) is 13.0 Å². The van der Waals surface area contributed by atoms with Crippen molar-refractivity contribution in [2.75, 3.05) is 6.54 Å². The van der Waals surface area contributed by atoms with E-state index in [4.69, 9.17) is 0 Å². The van der Waals surface area contributed by atoms with E-state index in [1.54, 1.807) is 0 Å². The molecule has 1 saturated heterocycles. The first-order valence-corrected chi connectivity index (χ1v) is 5.30. The highest BCUT2D eigenvalue weighted by atomic mass is 16.1. The van der Waals surface area contributed by atoms with E-state index in [2.05, 4.69) is 26.1 Å². The first kappa shape index (κ1) is 10.6. The lowest BCUT2D eigenvalue weighted by molar-refractivity contribution is -0.119. The van der Waals surface area contributed by atoms with Crippen molar-refractivity contribution in [3.05, 3.63) is 0 Å². The van der Waals surface area contributed by atoms with Crippen LogP contribution >= 0.6 is 0 Å². The maximum absolute atomic E-state index is 11.0. The Kier molecular flexibility index (Phi) is 3.34. The molecule has 0 aliphatic carbocycles. The minimum atomic E-state index is 0.234. The molecule has 2 nitrogen and oxygen atoms in total. The van der Waals surface area contributed by atoms with E-state index >= 15 is 0 Å². The number of carbonyl (C=O) groups excluding carboxylic acids is 1. The monoisotopic (exact) mass is 183 g/mol. The average molecular weight is 183 g/mol. The summed E-state index contributed by atoms with van der Waals surface area (Å²) >= 11 is 0. The lowest BCUT2D eigenvalue weighted by atomic mass is 9.79. The third-order valence-corrected chi connectivity index (χ3v) is 2.83. The van der Waals surface area contributed by atoms with Crippen molar-refractivity contribution in [2.45, 2.75) is 46.5 Å². The van der Waals surface area contributed by atoms with E-state index in [9.17, 15) is 4.79 Å². The molecule has 13 heavy (non-hydrogen) atoms. The zero-order chi connectivity index (χ0) is 9.90. The minimum Gasteiger partial charge on any atom is -0.356 e. The van der Waals surface area contributed by atoms with Crippen LogP contribution in [0.2, 0.25) is 0 Å². The second kappa shape index (κ2) is 4.12. The van der Waals surface area contributed by atoms with Crippen LogP contribution in [0.3, 0.4) is 0 Å². The summed E-state index contributed by atoms with van der Waals surface area (Å²) in [5.41, 5.74) is 0.408. The Balaban J connectivity index is 2.35. The van der Waals surface area contributed by atoms with Crippen molar-refractivity contribution in [3.63, 3.8) is 0 Å². The molecule has 76 valence electrons. The summed E-state index contributed by atoms with van der Waals surface area (Å²) in [5, 5.41) is 2.90. The Labute approximate surface area is 81.1 Å². The molecule has 0 aromatic carbocycles. The molecule has 1 atom stereocenters. The van der Waals surface area contributed by atoms with Crippen molar-refractivity contribution in [2.24, 2.45) is 11.3 Å². The van der Waals surface area contributed by atoms with E-state index in [0.717, 1.165) is 13.0 Å². The van der Waals surface area contributed by atoms with Gasteiger partial charge in [-0.05, 0) is 24.2 Å². The Bertz CT molecular complexity index is 187. The summed E-state index contributed by atoms with van der Waals surface area (Å²) in [4.78, 5) is 11.0. The highest BCUT2D eigenvalue weighted by molar-refractivity contribution is 5.78. The SMILES string of the molecule is CCCC(C)(C)C[C@@H]1CNC(=O)C1. The summed E-state index contributed by atoms with van der Waals surface area (Å²) in [7, 11) is 0. The molecule has 2 heteroatoms. The van der Waals surface area contributed by atoms with E-state index in [1.165, 1.54) is 19.3 Å². The summed E-state index contributed by atoms with van der Waals surface area (Å²) in [6.45, 7) is 7.73. The molecule has 1 rings (SSSR count). The number of nitrogens with one attached hydrogen (secondary N) is 1. The zero-order valence-electron chi connectivity index (χ0n) is 9.02. The predicted molar refractivity (Wildman–Crippen MR) is 54.4 cm³/mol. The molecule has 1 N–H and O–H groups in total. The molecule has 0 aromatic rings. The third kappa shape index (κ3) is 3.37. The van der Waals surface area contributed by atoms with E-state index in [1.807, 2.05) is 0 Å². The maximum Gasteiger partial charge on any atom is 0.220 e. The lowest BCUT2D eigenvalue weighted by Crippen LogP contribution is -2.19. The van der Waals surface area contributed by atoms with Gasteiger partial charge in [-0.1, -0.05) is 27.2 Å². The molecule has 1 aliphatic heterocycles. The van der Waals surface area contributed by atoms with Crippen LogP contribution in [0.5, 0.6) is 0 Å². The fourth-order valence-electron chi connectivity index (χ4n) is 2.37. The smallest absolute Gasteiger partial charge is 0.220 e. The van der Waals surface area contributed by atoms with Gasteiger partial charge in [0.25, 0.3) is 0 Å². The molecule has 1 aliphatic rings. The second-order valence-electron chi connectivity index (χ2n) is 4.99. The Morgan fingerprint density at radius 2 is 2.23 bits per heavy atom. The molecule has 0 unspecified atom stereocenters. The standard InChI is InChI=1S/C11H21NO/c1-4-5-11(2,3)7-9-6-10(13)12-8-9/h9H,4-8H2,1-3H3,(H,12,13)/t9-/m1/s1. The zero-order valence-corrected chi connectivity index (χ0v) is 9.02. The van der Waals surface area contributed by atoms with Gasteiger partial charge < -0.3 is 5.32 Å². The largest absolute Gasteiger partial charge is 0.356 e. The van der Waals surface area contributed by atoms with E-state index in [0.29, 0.717) is 11.3 Å². The number of hydrogen-bond acceptors (Lipinski definition) is 1. The normalized spacial score (nSPS) is 23.3. The highest BCUT2D eigenvalue weighted by Crippen LogP contribution is 2.32. The highest BCUT2D eigenvalue weighted by Gasteiger charge is 2.27. The topological polar surface area (TPSA) is 29.1 Å². The van der Waals surface area contributed by atoms with Gasteiger partial charge in [0.1, 0.15) is 0 Å². The van der Waals surface area contributed by atoms with Crippen LogP contribution in [-0.2, 0) is 4.79 Å². The molecule has 1 heterocycles. The van der Waals surface area contributed by atoms with Crippen molar-refractivity contribution in [3.8, 4) is 0 Å². The first-order valence-electron chi connectivity index (χ1n) is 5.30. The molecule has 0 aromatic heterocycles. The van der Waals surface area contributed by atoms with Gasteiger partial charge in [0.05, 0.1) is 0 Å². The van der Waals surface area contributed by atoms with Crippen LogP contribution in [0.4, 0.5) is 0 Å². The number of amides is 1. The quantitative estimate of drug-likeness (QED) is 0.712. The van der Waals surface area contributed by atoms with Gasteiger partial charge in [0.15, 0.2) is 0 Å². The minimum absolute atomic E-state index is 0.234. The molecule has 0 bridgehead atoms. The third-order valence-electron chi connectivity index (χ3n) is 2.83. The van der Waals surface area contributed by atoms with Crippen molar-refractivity contribution in [1.29, 1.82) is 0 Å². The van der Waals surface area contributed by atoms with Crippen LogP contribution < -0.4 is 5.32 Å². The maximum atomic E-state index is 11.0. The summed E-state index contributed by atoms with van der Waals surface area (Å²) in [6, 6.07) is 0.